The van der Waals surface area contributed by atoms with Gasteiger partial charge in [0.25, 0.3) is 0 Å². The van der Waals surface area contributed by atoms with Crippen LogP contribution in [0.4, 0.5) is 0 Å². The Kier molecular flexibility index (Phi) is 6.22. The summed E-state index contributed by atoms with van der Waals surface area (Å²) in [4.78, 5) is 4.61. The second-order valence-electron chi connectivity index (χ2n) is 8.00. The van der Waals surface area contributed by atoms with Crippen molar-refractivity contribution in [2.75, 3.05) is 45.9 Å². The molecular weight excluding hydrogens is 426 g/mol. The quantitative estimate of drug-likeness (QED) is 0.575. The van der Waals surface area contributed by atoms with Gasteiger partial charge in [0.05, 0.1) is 13.3 Å². The van der Waals surface area contributed by atoms with Gasteiger partial charge in [0.15, 0.2) is 23.4 Å². The molecule has 8 nitrogen and oxygen atoms in total. The number of β-amino-alcohol motifs (C(OH)–C–C–N with tert-alkyl or cyclic N) is 1. The van der Waals surface area contributed by atoms with Crippen molar-refractivity contribution < 1.29 is 14.6 Å². The Morgan fingerprint density at radius 2 is 1.62 bits per heavy atom. The summed E-state index contributed by atoms with van der Waals surface area (Å²) in [6, 6.07) is 17.7. The molecule has 168 valence electrons. The molecule has 1 atom stereocenters. The zero-order valence-electron chi connectivity index (χ0n) is 17.8. The number of nitrogens with zero attached hydrogens (tertiary/aromatic N) is 5. The number of aliphatic hydroxyl groups excluding tert-OH is 1. The molecule has 3 aromatic rings. The molecule has 1 saturated heterocycles. The topological polar surface area (TPSA) is 67.9 Å². The number of aromatic nitrogens is 3. The number of hydrogen-bond donors (Lipinski definition) is 1. The van der Waals surface area contributed by atoms with Gasteiger partial charge in [0.2, 0.25) is 4.77 Å². The number of para-hydroxylation sites is 3. The van der Waals surface area contributed by atoms with Crippen LogP contribution >= 0.6 is 12.2 Å². The van der Waals surface area contributed by atoms with Crippen molar-refractivity contribution in [2.45, 2.75) is 12.8 Å². The molecule has 2 aliphatic heterocycles. The Morgan fingerprint density at radius 1 is 0.938 bits per heavy atom. The van der Waals surface area contributed by atoms with Crippen LogP contribution < -0.4 is 9.47 Å². The lowest BCUT2D eigenvalue weighted by atomic mass is 10.2. The van der Waals surface area contributed by atoms with Gasteiger partial charge < -0.3 is 14.6 Å². The molecule has 0 saturated carbocycles. The van der Waals surface area contributed by atoms with E-state index in [1.807, 2.05) is 63.8 Å². The van der Waals surface area contributed by atoms with Gasteiger partial charge in [-0.25, -0.2) is 4.68 Å². The van der Waals surface area contributed by atoms with E-state index in [1.165, 1.54) is 0 Å². The van der Waals surface area contributed by atoms with E-state index < -0.39 is 0 Å². The average molecular weight is 454 g/mol. The SMILES string of the molecule is OCCN1CCN(Cn2nc([C@H]3COc4ccccc4O3)n(-c3ccccc3)c2=S)CC1. The van der Waals surface area contributed by atoms with Gasteiger partial charge in [-0.05, 0) is 36.5 Å². The zero-order valence-corrected chi connectivity index (χ0v) is 18.7. The first-order valence-electron chi connectivity index (χ1n) is 10.9. The van der Waals surface area contributed by atoms with Crippen LogP contribution in [0.5, 0.6) is 11.5 Å². The maximum Gasteiger partial charge on any atom is 0.203 e. The third kappa shape index (κ3) is 4.29. The average Bonchev–Trinajstić information content (AvgIpc) is 3.16. The van der Waals surface area contributed by atoms with Gasteiger partial charge in [-0.1, -0.05) is 30.3 Å². The van der Waals surface area contributed by atoms with E-state index in [2.05, 4.69) is 9.80 Å². The second kappa shape index (κ2) is 9.41. The predicted molar refractivity (Wildman–Crippen MR) is 123 cm³/mol. The molecule has 9 heteroatoms. The minimum atomic E-state index is -0.366. The molecular formula is C23H27N5O3S. The number of benzene rings is 2. The van der Waals surface area contributed by atoms with Gasteiger partial charge in [0, 0.05) is 38.4 Å². The molecule has 32 heavy (non-hydrogen) atoms. The molecule has 1 N–H and O–H groups in total. The number of fused-ring (bicyclic) bond motifs is 1. The highest BCUT2D eigenvalue weighted by molar-refractivity contribution is 7.71. The highest BCUT2D eigenvalue weighted by Gasteiger charge is 2.29. The van der Waals surface area contributed by atoms with Crippen LogP contribution in [0.25, 0.3) is 5.69 Å². The van der Waals surface area contributed by atoms with Crippen LogP contribution in [0.15, 0.2) is 54.6 Å². The van der Waals surface area contributed by atoms with Crippen molar-refractivity contribution in [3.63, 3.8) is 0 Å². The Labute approximate surface area is 192 Å². The fourth-order valence-electron chi connectivity index (χ4n) is 4.18. The Bertz CT molecular complexity index is 1110. The summed E-state index contributed by atoms with van der Waals surface area (Å²) in [5.41, 5.74) is 0.953. The summed E-state index contributed by atoms with van der Waals surface area (Å²) in [5.74, 6) is 2.19. The van der Waals surface area contributed by atoms with Gasteiger partial charge in [-0.2, -0.15) is 5.10 Å². The highest BCUT2D eigenvalue weighted by Crippen LogP contribution is 2.36. The van der Waals surface area contributed by atoms with Gasteiger partial charge >= 0.3 is 0 Å². The summed E-state index contributed by atoms with van der Waals surface area (Å²) < 4.78 is 16.7. The van der Waals surface area contributed by atoms with Crippen molar-refractivity contribution >= 4 is 12.2 Å². The monoisotopic (exact) mass is 453 g/mol. The summed E-state index contributed by atoms with van der Waals surface area (Å²) in [6.45, 7) is 5.58. The number of rotatable bonds is 6. The van der Waals surface area contributed by atoms with E-state index in [1.54, 1.807) is 0 Å². The molecule has 0 radical (unpaired) electrons. The summed E-state index contributed by atoms with van der Waals surface area (Å²) in [5, 5.41) is 14.1. The Balaban J connectivity index is 1.44. The molecule has 1 fully saturated rings. The Morgan fingerprint density at radius 3 is 2.38 bits per heavy atom. The molecule has 0 bridgehead atoms. The van der Waals surface area contributed by atoms with Gasteiger partial charge in [-0.3, -0.25) is 14.4 Å². The first-order chi connectivity index (χ1) is 15.7. The van der Waals surface area contributed by atoms with Crippen LogP contribution in [-0.4, -0.2) is 75.2 Å². The fraction of sp³-hybridized carbons (Fsp3) is 0.391. The molecule has 1 aromatic heterocycles. The smallest absolute Gasteiger partial charge is 0.203 e. The van der Waals surface area contributed by atoms with Crippen molar-refractivity contribution in [1.29, 1.82) is 0 Å². The van der Waals surface area contributed by atoms with E-state index in [-0.39, 0.29) is 12.7 Å². The lowest BCUT2D eigenvalue weighted by molar-refractivity contribution is 0.0798. The third-order valence-corrected chi connectivity index (χ3v) is 6.28. The number of ether oxygens (including phenoxy) is 2. The van der Waals surface area contributed by atoms with Crippen molar-refractivity contribution in [2.24, 2.45) is 0 Å². The summed E-state index contributed by atoms with van der Waals surface area (Å²) in [7, 11) is 0. The van der Waals surface area contributed by atoms with E-state index in [0.29, 0.717) is 23.8 Å². The second-order valence-corrected chi connectivity index (χ2v) is 8.37. The van der Waals surface area contributed by atoms with Crippen LogP contribution in [0, 0.1) is 4.77 Å². The lowest BCUT2D eigenvalue weighted by Crippen LogP contribution is -2.47. The number of hydrogen-bond acceptors (Lipinski definition) is 7. The van der Waals surface area contributed by atoms with E-state index in [9.17, 15) is 5.11 Å². The largest absolute Gasteiger partial charge is 0.485 e. The molecule has 2 aromatic carbocycles. The molecule has 0 amide bonds. The normalized spacial score (nSPS) is 19.2. The van der Waals surface area contributed by atoms with E-state index in [4.69, 9.17) is 26.8 Å². The molecule has 5 rings (SSSR count). The first-order valence-corrected chi connectivity index (χ1v) is 11.3. The molecule has 0 aliphatic carbocycles. The molecule has 0 unspecified atom stereocenters. The van der Waals surface area contributed by atoms with Crippen LogP contribution in [-0.2, 0) is 6.67 Å². The standard InChI is InChI=1S/C23H27N5O3S/c29-15-14-25-10-12-26(13-11-25)17-27-23(32)28(18-6-2-1-3-7-18)22(24-27)21-16-30-19-8-4-5-9-20(19)31-21/h1-9,21,29H,10-17H2/t21-/m1/s1. The van der Waals surface area contributed by atoms with Crippen molar-refractivity contribution in [1.82, 2.24) is 24.1 Å². The predicted octanol–water partition coefficient (Wildman–Crippen LogP) is 2.48. The number of piperazine rings is 1. The summed E-state index contributed by atoms with van der Waals surface area (Å²) >= 11 is 5.87. The van der Waals surface area contributed by atoms with E-state index >= 15 is 0 Å². The summed E-state index contributed by atoms with van der Waals surface area (Å²) in [6.07, 6.45) is -0.366. The minimum absolute atomic E-state index is 0.197. The molecule has 2 aliphatic rings. The van der Waals surface area contributed by atoms with Crippen molar-refractivity contribution in [3.8, 4) is 17.2 Å². The van der Waals surface area contributed by atoms with Gasteiger partial charge in [0.1, 0.15) is 6.61 Å². The molecule has 0 spiro atoms. The third-order valence-electron chi connectivity index (χ3n) is 5.89. The van der Waals surface area contributed by atoms with Gasteiger partial charge in [-0.15, -0.1) is 0 Å². The Hall–Kier alpha value is -2.72. The zero-order chi connectivity index (χ0) is 21.9. The van der Waals surface area contributed by atoms with Crippen molar-refractivity contribution in [3.05, 3.63) is 65.2 Å². The lowest BCUT2D eigenvalue weighted by Gasteiger charge is -2.33. The highest BCUT2D eigenvalue weighted by atomic mass is 32.1. The van der Waals surface area contributed by atoms with Crippen LogP contribution in [0.2, 0.25) is 0 Å². The number of aliphatic hydroxyl groups is 1. The van der Waals surface area contributed by atoms with Crippen LogP contribution in [0.1, 0.15) is 11.9 Å². The molecule has 3 heterocycles. The van der Waals surface area contributed by atoms with E-state index in [0.717, 1.165) is 50.0 Å². The maximum absolute atomic E-state index is 9.17. The fourth-order valence-corrected chi connectivity index (χ4v) is 4.47. The maximum atomic E-state index is 9.17. The van der Waals surface area contributed by atoms with Crippen LogP contribution in [0.3, 0.4) is 0 Å². The minimum Gasteiger partial charge on any atom is -0.485 e. The first kappa shape index (κ1) is 21.1.